The van der Waals surface area contributed by atoms with Crippen molar-refractivity contribution in [3.63, 3.8) is 0 Å². The molecule has 0 saturated heterocycles. The molecule has 5 heteroatoms. The molecular formula is C13H9N5. The largest absolute Gasteiger partial charge is 0.346 e. The molecule has 0 radical (unpaired) electrons. The van der Waals surface area contributed by atoms with Gasteiger partial charge in [0.2, 0.25) is 0 Å². The molecule has 2 aromatic heterocycles. The van der Waals surface area contributed by atoms with Crippen molar-refractivity contribution >= 4 is 22.5 Å². The van der Waals surface area contributed by atoms with Gasteiger partial charge in [-0.1, -0.05) is 12.1 Å². The van der Waals surface area contributed by atoms with Crippen LogP contribution in [0.3, 0.4) is 0 Å². The van der Waals surface area contributed by atoms with Crippen LogP contribution in [-0.2, 0) is 0 Å². The summed E-state index contributed by atoms with van der Waals surface area (Å²) in [6.45, 7) is 0. The van der Waals surface area contributed by atoms with Gasteiger partial charge in [-0.05, 0) is 18.2 Å². The van der Waals surface area contributed by atoms with E-state index < -0.39 is 0 Å². The Kier molecular flexibility index (Phi) is 2.39. The molecule has 0 fully saturated rings. The predicted molar refractivity (Wildman–Crippen MR) is 68.3 cm³/mol. The topological polar surface area (TPSA) is 77.4 Å². The summed E-state index contributed by atoms with van der Waals surface area (Å²) in [4.78, 5) is 11.3. The summed E-state index contributed by atoms with van der Waals surface area (Å²) in [5, 5.41) is 13.1. The number of H-pyrrole nitrogens is 1. The van der Waals surface area contributed by atoms with Gasteiger partial charge >= 0.3 is 0 Å². The van der Waals surface area contributed by atoms with E-state index in [1.165, 1.54) is 6.33 Å². The Hall–Kier alpha value is -2.87. The fourth-order valence-corrected chi connectivity index (χ4v) is 1.79. The highest BCUT2D eigenvalue weighted by molar-refractivity contribution is 5.89. The minimum absolute atomic E-state index is 0.583. The zero-order valence-corrected chi connectivity index (χ0v) is 9.38. The van der Waals surface area contributed by atoms with Crippen molar-refractivity contribution in [3.8, 4) is 6.07 Å². The molecule has 3 aromatic rings. The van der Waals surface area contributed by atoms with Crippen molar-refractivity contribution in [2.75, 3.05) is 5.32 Å². The van der Waals surface area contributed by atoms with Crippen molar-refractivity contribution in [1.82, 2.24) is 15.0 Å². The minimum atomic E-state index is 0.583. The Morgan fingerprint density at radius 3 is 2.94 bits per heavy atom. The summed E-state index contributed by atoms with van der Waals surface area (Å²) in [7, 11) is 0. The third kappa shape index (κ3) is 1.66. The van der Waals surface area contributed by atoms with Gasteiger partial charge in [-0.15, -0.1) is 0 Å². The lowest BCUT2D eigenvalue weighted by Crippen LogP contribution is -1.97. The third-order valence-corrected chi connectivity index (χ3v) is 2.65. The molecule has 5 nitrogen and oxygen atoms in total. The first-order valence-electron chi connectivity index (χ1n) is 5.43. The van der Waals surface area contributed by atoms with Gasteiger partial charge in [0.15, 0.2) is 0 Å². The molecule has 0 aliphatic rings. The number of fused-ring (bicyclic) bond motifs is 1. The van der Waals surface area contributed by atoms with Gasteiger partial charge in [-0.2, -0.15) is 5.26 Å². The quantitative estimate of drug-likeness (QED) is 0.715. The summed E-state index contributed by atoms with van der Waals surface area (Å²) in [6, 6.07) is 11.4. The van der Waals surface area contributed by atoms with Crippen LogP contribution < -0.4 is 5.32 Å². The van der Waals surface area contributed by atoms with Crippen molar-refractivity contribution < 1.29 is 0 Å². The van der Waals surface area contributed by atoms with E-state index in [-0.39, 0.29) is 0 Å². The second-order valence-corrected chi connectivity index (χ2v) is 3.74. The van der Waals surface area contributed by atoms with Gasteiger partial charge in [-0.25, -0.2) is 9.97 Å². The van der Waals surface area contributed by atoms with E-state index in [0.717, 1.165) is 16.7 Å². The Bertz CT molecular complexity index is 738. The number of para-hydroxylation sites is 1. The lowest BCUT2D eigenvalue weighted by atomic mass is 10.2. The minimum Gasteiger partial charge on any atom is -0.346 e. The molecule has 2 N–H and O–H groups in total. The number of nitrogens with one attached hydrogen (secondary N) is 2. The average Bonchev–Trinajstić information content (AvgIpc) is 2.89. The second-order valence-electron chi connectivity index (χ2n) is 3.74. The van der Waals surface area contributed by atoms with E-state index in [4.69, 9.17) is 5.26 Å². The van der Waals surface area contributed by atoms with E-state index in [0.29, 0.717) is 11.4 Å². The zero-order valence-electron chi connectivity index (χ0n) is 9.38. The van der Waals surface area contributed by atoms with E-state index >= 15 is 0 Å². The summed E-state index contributed by atoms with van der Waals surface area (Å²) in [5.41, 5.74) is 2.09. The van der Waals surface area contributed by atoms with Gasteiger partial charge in [0, 0.05) is 6.20 Å². The number of benzene rings is 1. The van der Waals surface area contributed by atoms with E-state index in [1.54, 1.807) is 12.3 Å². The summed E-state index contributed by atoms with van der Waals surface area (Å²) in [5.74, 6) is 0.684. The average molecular weight is 235 g/mol. The van der Waals surface area contributed by atoms with Crippen LogP contribution in [0.5, 0.6) is 0 Å². The number of nitrogens with zero attached hydrogens (tertiary/aromatic N) is 3. The van der Waals surface area contributed by atoms with Gasteiger partial charge in [0.05, 0.1) is 16.6 Å². The zero-order chi connectivity index (χ0) is 12.4. The fourth-order valence-electron chi connectivity index (χ4n) is 1.79. The van der Waals surface area contributed by atoms with Crippen molar-refractivity contribution in [2.45, 2.75) is 0 Å². The summed E-state index contributed by atoms with van der Waals surface area (Å²) < 4.78 is 0. The highest BCUT2D eigenvalue weighted by Gasteiger charge is 2.06. The lowest BCUT2D eigenvalue weighted by Gasteiger charge is -2.07. The van der Waals surface area contributed by atoms with Crippen LogP contribution in [-0.4, -0.2) is 15.0 Å². The van der Waals surface area contributed by atoms with Crippen LogP contribution in [0.2, 0.25) is 0 Å². The molecule has 0 amide bonds. The van der Waals surface area contributed by atoms with Gasteiger partial charge in [0.1, 0.15) is 23.9 Å². The number of anilines is 2. The van der Waals surface area contributed by atoms with Crippen LogP contribution in [0.25, 0.3) is 11.0 Å². The lowest BCUT2D eigenvalue weighted by molar-refractivity contribution is 1.20. The van der Waals surface area contributed by atoms with Gasteiger partial charge in [-0.3, -0.25) is 0 Å². The first kappa shape index (κ1) is 10.3. The number of rotatable bonds is 2. The standard InChI is InChI=1S/C13H9N5/c14-7-9-3-1-2-4-11(9)18-13-10-5-6-15-12(10)16-8-17-13/h1-6,8H,(H2,15,16,17,18). The van der Waals surface area contributed by atoms with Crippen LogP contribution >= 0.6 is 0 Å². The number of aromatic amines is 1. The summed E-state index contributed by atoms with van der Waals surface area (Å²) >= 11 is 0. The monoisotopic (exact) mass is 235 g/mol. The highest BCUT2D eigenvalue weighted by atomic mass is 15.0. The Morgan fingerprint density at radius 2 is 2.06 bits per heavy atom. The maximum absolute atomic E-state index is 9.04. The number of nitriles is 1. The molecule has 1 aromatic carbocycles. The smallest absolute Gasteiger partial charge is 0.143 e. The molecule has 0 unspecified atom stereocenters. The van der Waals surface area contributed by atoms with Crippen molar-refractivity contribution in [2.24, 2.45) is 0 Å². The molecule has 0 aliphatic carbocycles. The van der Waals surface area contributed by atoms with Crippen LogP contribution in [0, 0.1) is 11.3 Å². The first-order valence-corrected chi connectivity index (χ1v) is 5.43. The van der Waals surface area contributed by atoms with Crippen molar-refractivity contribution in [3.05, 3.63) is 48.4 Å². The van der Waals surface area contributed by atoms with Crippen LogP contribution in [0.4, 0.5) is 11.5 Å². The molecule has 0 aliphatic heterocycles. The summed E-state index contributed by atoms with van der Waals surface area (Å²) in [6.07, 6.45) is 3.29. The third-order valence-electron chi connectivity index (χ3n) is 2.65. The molecule has 18 heavy (non-hydrogen) atoms. The fraction of sp³-hybridized carbons (Fsp3) is 0. The predicted octanol–water partition coefficient (Wildman–Crippen LogP) is 2.57. The molecule has 0 atom stereocenters. The first-order chi connectivity index (χ1) is 8.88. The van der Waals surface area contributed by atoms with Gasteiger partial charge in [0.25, 0.3) is 0 Å². The Morgan fingerprint density at radius 1 is 1.17 bits per heavy atom. The SMILES string of the molecule is N#Cc1ccccc1Nc1ncnc2[nH]ccc12. The van der Waals surface area contributed by atoms with E-state index in [2.05, 4.69) is 26.3 Å². The van der Waals surface area contributed by atoms with Crippen LogP contribution in [0.15, 0.2) is 42.9 Å². The number of hydrogen-bond acceptors (Lipinski definition) is 4. The normalized spacial score (nSPS) is 10.2. The van der Waals surface area contributed by atoms with Crippen molar-refractivity contribution in [1.29, 1.82) is 5.26 Å². The molecule has 3 rings (SSSR count). The Labute approximate surface area is 103 Å². The molecule has 0 spiro atoms. The number of aromatic nitrogens is 3. The van der Waals surface area contributed by atoms with Gasteiger partial charge < -0.3 is 10.3 Å². The molecular weight excluding hydrogens is 226 g/mol. The highest BCUT2D eigenvalue weighted by Crippen LogP contribution is 2.23. The number of hydrogen-bond donors (Lipinski definition) is 2. The molecule has 0 saturated carbocycles. The van der Waals surface area contributed by atoms with Crippen LogP contribution in [0.1, 0.15) is 5.56 Å². The second kappa shape index (κ2) is 4.18. The molecule has 86 valence electrons. The van der Waals surface area contributed by atoms with E-state index in [9.17, 15) is 0 Å². The van der Waals surface area contributed by atoms with E-state index in [1.807, 2.05) is 24.3 Å². The molecule has 0 bridgehead atoms. The maximum Gasteiger partial charge on any atom is 0.143 e. The maximum atomic E-state index is 9.04. The molecule has 2 heterocycles. The Balaban J connectivity index is 2.07.